The molecule has 1 heterocycles. The highest BCUT2D eigenvalue weighted by molar-refractivity contribution is 9.10. The summed E-state index contributed by atoms with van der Waals surface area (Å²) in [7, 11) is 0. The van der Waals surface area contributed by atoms with Crippen LogP contribution in [0, 0.1) is 0 Å². The maximum Gasteiger partial charge on any atom is 0.350 e. The SMILES string of the molecule is CCOC(=O)c1sc(-c2cccc(Br)c2)nc1C(C)C. The monoisotopic (exact) mass is 353 g/mol. The molecule has 1 aromatic carbocycles. The zero-order valence-corrected chi connectivity index (χ0v) is 14.0. The number of ether oxygens (including phenoxy) is 1. The van der Waals surface area contributed by atoms with E-state index in [9.17, 15) is 4.79 Å². The van der Waals surface area contributed by atoms with Gasteiger partial charge in [-0.25, -0.2) is 9.78 Å². The number of carbonyl (C=O) groups excluding carboxylic acids is 1. The summed E-state index contributed by atoms with van der Waals surface area (Å²) in [5, 5.41) is 0.845. The molecular formula is C15H16BrNO2S. The molecule has 0 aliphatic heterocycles. The largest absolute Gasteiger partial charge is 0.462 e. The Bertz CT molecular complexity index is 622. The number of aromatic nitrogens is 1. The van der Waals surface area contributed by atoms with Crippen LogP contribution in [0.25, 0.3) is 10.6 Å². The average Bonchev–Trinajstić information content (AvgIpc) is 2.84. The molecule has 5 heteroatoms. The lowest BCUT2D eigenvalue weighted by molar-refractivity contribution is 0.0530. The van der Waals surface area contributed by atoms with E-state index in [2.05, 4.69) is 20.9 Å². The summed E-state index contributed by atoms with van der Waals surface area (Å²) in [6.07, 6.45) is 0. The minimum Gasteiger partial charge on any atom is -0.462 e. The smallest absolute Gasteiger partial charge is 0.350 e. The predicted octanol–water partition coefficient (Wildman–Crippen LogP) is 4.87. The fourth-order valence-electron chi connectivity index (χ4n) is 1.81. The zero-order chi connectivity index (χ0) is 14.7. The molecule has 0 bridgehead atoms. The third-order valence-electron chi connectivity index (χ3n) is 2.73. The Labute approximate surface area is 131 Å². The van der Waals surface area contributed by atoms with Gasteiger partial charge in [-0.05, 0) is 25.0 Å². The standard InChI is InChI=1S/C15H16BrNO2S/c1-4-19-15(18)13-12(9(2)3)17-14(20-13)10-6-5-7-11(16)8-10/h5-9H,4H2,1-3H3. The van der Waals surface area contributed by atoms with Gasteiger partial charge in [0.25, 0.3) is 0 Å². The van der Waals surface area contributed by atoms with Crippen molar-refractivity contribution in [3.05, 3.63) is 39.3 Å². The van der Waals surface area contributed by atoms with Crippen LogP contribution in [0.3, 0.4) is 0 Å². The van der Waals surface area contributed by atoms with Crippen molar-refractivity contribution in [3.63, 3.8) is 0 Å². The minimum absolute atomic E-state index is 0.187. The molecule has 1 aromatic heterocycles. The lowest BCUT2D eigenvalue weighted by atomic mass is 10.1. The van der Waals surface area contributed by atoms with Crippen LogP contribution in [-0.2, 0) is 4.74 Å². The van der Waals surface area contributed by atoms with E-state index >= 15 is 0 Å². The van der Waals surface area contributed by atoms with Crippen molar-refractivity contribution in [3.8, 4) is 10.6 Å². The first kappa shape index (κ1) is 15.2. The van der Waals surface area contributed by atoms with E-state index in [1.807, 2.05) is 45.0 Å². The van der Waals surface area contributed by atoms with Crippen LogP contribution < -0.4 is 0 Å². The van der Waals surface area contributed by atoms with Crippen LogP contribution in [0.2, 0.25) is 0 Å². The van der Waals surface area contributed by atoms with Gasteiger partial charge in [-0.1, -0.05) is 41.9 Å². The maximum atomic E-state index is 12.0. The van der Waals surface area contributed by atoms with Crippen LogP contribution in [0.5, 0.6) is 0 Å². The number of hydrogen-bond acceptors (Lipinski definition) is 4. The van der Waals surface area contributed by atoms with Crippen molar-refractivity contribution < 1.29 is 9.53 Å². The van der Waals surface area contributed by atoms with Gasteiger partial charge in [-0.2, -0.15) is 0 Å². The molecule has 20 heavy (non-hydrogen) atoms. The molecule has 106 valence electrons. The fourth-order valence-corrected chi connectivity index (χ4v) is 3.32. The average molecular weight is 354 g/mol. The Morgan fingerprint density at radius 3 is 2.80 bits per heavy atom. The van der Waals surface area contributed by atoms with Crippen molar-refractivity contribution in [2.24, 2.45) is 0 Å². The zero-order valence-electron chi connectivity index (χ0n) is 11.6. The molecular weight excluding hydrogens is 338 g/mol. The third kappa shape index (κ3) is 3.27. The second kappa shape index (κ2) is 6.50. The van der Waals surface area contributed by atoms with Gasteiger partial charge in [0.1, 0.15) is 9.88 Å². The third-order valence-corrected chi connectivity index (χ3v) is 4.33. The lowest BCUT2D eigenvalue weighted by Gasteiger charge is -2.04. The Kier molecular flexibility index (Phi) is 4.94. The first-order valence-corrected chi connectivity index (χ1v) is 8.07. The molecule has 0 radical (unpaired) electrons. The number of nitrogens with zero attached hydrogens (tertiary/aromatic N) is 1. The minimum atomic E-state index is -0.282. The Hall–Kier alpha value is -1.20. The molecule has 0 fully saturated rings. The van der Waals surface area contributed by atoms with Gasteiger partial charge in [0.15, 0.2) is 0 Å². The van der Waals surface area contributed by atoms with Crippen molar-refractivity contribution in [1.82, 2.24) is 4.98 Å². The van der Waals surface area contributed by atoms with Gasteiger partial charge in [-0.15, -0.1) is 11.3 Å². The van der Waals surface area contributed by atoms with Crippen LogP contribution in [0.15, 0.2) is 28.7 Å². The summed E-state index contributed by atoms with van der Waals surface area (Å²) in [5.74, 6) is -0.0958. The normalized spacial score (nSPS) is 10.8. The summed E-state index contributed by atoms with van der Waals surface area (Å²) < 4.78 is 6.11. The highest BCUT2D eigenvalue weighted by atomic mass is 79.9. The predicted molar refractivity (Wildman–Crippen MR) is 85.3 cm³/mol. The Morgan fingerprint density at radius 1 is 1.45 bits per heavy atom. The van der Waals surface area contributed by atoms with E-state index in [-0.39, 0.29) is 11.9 Å². The first-order valence-electron chi connectivity index (χ1n) is 6.46. The molecule has 0 amide bonds. The second-order valence-corrected chi connectivity index (χ2v) is 6.53. The molecule has 0 saturated heterocycles. The van der Waals surface area contributed by atoms with Crippen LogP contribution >= 0.6 is 27.3 Å². The summed E-state index contributed by atoms with van der Waals surface area (Å²) in [6.45, 7) is 6.24. The summed E-state index contributed by atoms with van der Waals surface area (Å²) in [5.41, 5.74) is 1.81. The van der Waals surface area contributed by atoms with Gasteiger partial charge >= 0.3 is 5.97 Å². The highest BCUT2D eigenvalue weighted by Crippen LogP contribution is 2.33. The summed E-state index contributed by atoms with van der Waals surface area (Å²) >= 11 is 4.84. The van der Waals surface area contributed by atoms with Crippen molar-refractivity contribution in [1.29, 1.82) is 0 Å². The number of benzene rings is 1. The van der Waals surface area contributed by atoms with E-state index in [4.69, 9.17) is 4.74 Å². The number of thiazole rings is 1. The van der Waals surface area contributed by atoms with Crippen molar-refractivity contribution >= 4 is 33.2 Å². The summed E-state index contributed by atoms with van der Waals surface area (Å²) in [6, 6.07) is 7.91. The number of esters is 1. The van der Waals surface area contributed by atoms with Crippen molar-refractivity contribution in [2.45, 2.75) is 26.7 Å². The second-order valence-electron chi connectivity index (χ2n) is 4.62. The molecule has 0 spiro atoms. The fraction of sp³-hybridized carbons (Fsp3) is 0.333. The molecule has 2 aromatic rings. The topological polar surface area (TPSA) is 39.2 Å². The molecule has 0 saturated carbocycles. The first-order chi connectivity index (χ1) is 9.52. The van der Waals surface area contributed by atoms with Crippen LogP contribution in [0.4, 0.5) is 0 Å². The Morgan fingerprint density at radius 2 is 2.20 bits per heavy atom. The molecule has 3 nitrogen and oxygen atoms in total. The van der Waals surface area contributed by atoms with Crippen LogP contribution in [-0.4, -0.2) is 17.6 Å². The van der Waals surface area contributed by atoms with Gasteiger partial charge < -0.3 is 4.74 Å². The molecule has 0 atom stereocenters. The number of carbonyl (C=O) groups is 1. The number of halogens is 1. The quantitative estimate of drug-likeness (QED) is 0.735. The van der Waals surface area contributed by atoms with E-state index < -0.39 is 0 Å². The van der Waals surface area contributed by atoms with E-state index in [1.165, 1.54) is 11.3 Å². The molecule has 0 aliphatic carbocycles. The van der Waals surface area contributed by atoms with Gasteiger partial charge in [0.2, 0.25) is 0 Å². The molecule has 0 N–H and O–H groups in total. The van der Waals surface area contributed by atoms with Gasteiger partial charge in [-0.3, -0.25) is 0 Å². The number of rotatable bonds is 4. The van der Waals surface area contributed by atoms with Gasteiger partial charge in [0.05, 0.1) is 12.3 Å². The number of hydrogen-bond donors (Lipinski definition) is 0. The van der Waals surface area contributed by atoms with Gasteiger partial charge in [0, 0.05) is 10.0 Å². The molecule has 0 unspecified atom stereocenters. The van der Waals surface area contributed by atoms with E-state index in [1.54, 1.807) is 0 Å². The Balaban J connectivity index is 2.46. The van der Waals surface area contributed by atoms with Crippen molar-refractivity contribution in [2.75, 3.05) is 6.61 Å². The van der Waals surface area contributed by atoms with E-state index in [0.29, 0.717) is 11.5 Å². The molecule has 2 rings (SSSR count). The highest BCUT2D eigenvalue weighted by Gasteiger charge is 2.21. The van der Waals surface area contributed by atoms with E-state index in [0.717, 1.165) is 20.7 Å². The molecule has 0 aliphatic rings. The summed E-state index contributed by atoms with van der Waals surface area (Å²) in [4.78, 5) is 17.2. The maximum absolute atomic E-state index is 12.0. The lowest BCUT2D eigenvalue weighted by Crippen LogP contribution is -2.06. The van der Waals surface area contributed by atoms with Crippen LogP contribution in [0.1, 0.15) is 42.1 Å².